The summed E-state index contributed by atoms with van der Waals surface area (Å²) in [7, 11) is 3.63. The van der Waals surface area contributed by atoms with Crippen LogP contribution >= 0.6 is 0 Å². The van der Waals surface area contributed by atoms with Crippen LogP contribution in [0.15, 0.2) is 36.4 Å². The minimum atomic E-state index is -0.724. The number of alkyl carbamates (subject to hydrolysis) is 1. The van der Waals surface area contributed by atoms with Gasteiger partial charge < -0.3 is 19.1 Å². The van der Waals surface area contributed by atoms with Gasteiger partial charge in [0.25, 0.3) is 0 Å². The maximum Gasteiger partial charge on any atom is 0.414 e. The molecule has 2 bridgehead atoms. The van der Waals surface area contributed by atoms with Gasteiger partial charge in [-0.3, -0.25) is 14.9 Å². The number of nitrogens with one attached hydrogen (secondary N) is 1. The summed E-state index contributed by atoms with van der Waals surface area (Å²) < 4.78 is 18.5. The van der Waals surface area contributed by atoms with Crippen molar-refractivity contribution in [3.8, 4) is 0 Å². The lowest BCUT2D eigenvalue weighted by Crippen LogP contribution is -2.63. The molecular weight excluding hydrogens is 568 g/mol. The number of methoxy groups -OCH3 is 1. The summed E-state index contributed by atoms with van der Waals surface area (Å²) in [6.07, 6.45) is 7.22. The van der Waals surface area contributed by atoms with Gasteiger partial charge in [0.1, 0.15) is 18.7 Å². The molecule has 10 atom stereocenters. The van der Waals surface area contributed by atoms with Gasteiger partial charge in [0.15, 0.2) is 0 Å². The van der Waals surface area contributed by atoms with Crippen LogP contribution in [-0.4, -0.2) is 68.9 Å². The molecule has 2 amide bonds. The van der Waals surface area contributed by atoms with Gasteiger partial charge in [0.05, 0.1) is 12.0 Å². The van der Waals surface area contributed by atoms with Crippen LogP contribution in [-0.2, 0) is 23.8 Å². The number of hydrogen-bond donors (Lipinski definition) is 1. The number of carbonyl (C=O) groups is 3. The van der Waals surface area contributed by atoms with E-state index in [0.717, 1.165) is 37.8 Å². The van der Waals surface area contributed by atoms with Crippen molar-refractivity contribution in [3.63, 3.8) is 0 Å². The topological polar surface area (TPSA) is 94.2 Å². The van der Waals surface area contributed by atoms with E-state index in [0.29, 0.717) is 19.4 Å². The number of piperidine rings is 1. The van der Waals surface area contributed by atoms with Gasteiger partial charge in [-0.05, 0) is 74.4 Å². The average molecular weight is 623 g/mol. The first-order chi connectivity index (χ1) is 21.4. The number of likely N-dealkylation sites (tertiary alicyclic amines) is 1. The van der Waals surface area contributed by atoms with Gasteiger partial charge in [0.2, 0.25) is 5.91 Å². The third-order valence-electron chi connectivity index (χ3n) is 12.6. The summed E-state index contributed by atoms with van der Waals surface area (Å²) in [5.41, 5.74) is -0.397. The molecule has 3 aliphatic carbocycles. The SMILES string of the molecule is COCO[C@H]1[C@H](C)C23CCC(=O)C2[C@@](C)([C@H](C)CC3)[C@H](OC(=O)NC(=O)[C@H]2CN(C)CC[C@@H]2C)C[C@@]1(C)/C=C/c1ccccc1. The monoisotopic (exact) mass is 622 g/mol. The minimum Gasteiger partial charge on any atom is -0.445 e. The Balaban J connectivity index is 1.55. The third kappa shape index (κ3) is 6.27. The maximum absolute atomic E-state index is 14.0. The van der Waals surface area contributed by atoms with Gasteiger partial charge in [-0.2, -0.15) is 0 Å². The van der Waals surface area contributed by atoms with Crippen LogP contribution in [0.2, 0.25) is 0 Å². The molecule has 1 saturated heterocycles. The molecule has 0 spiro atoms. The van der Waals surface area contributed by atoms with E-state index in [2.05, 4.69) is 69.1 Å². The second kappa shape index (κ2) is 13.3. The number of ether oxygens (including phenoxy) is 3. The largest absolute Gasteiger partial charge is 0.445 e. The van der Waals surface area contributed by atoms with E-state index in [9.17, 15) is 14.4 Å². The zero-order chi connectivity index (χ0) is 32.6. The molecule has 1 heterocycles. The number of nitrogens with zero attached hydrogens (tertiary/aromatic N) is 1. The zero-order valence-corrected chi connectivity index (χ0v) is 28.3. The Hall–Kier alpha value is -2.55. The van der Waals surface area contributed by atoms with Crippen molar-refractivity contribution in [2.24, 2.45) is 45.8 Å². The van der Waals surface area contributed by atoms with E-state index < -0.39 is 23.0 Å². The van der Waals surface area contributed by atoms with E-state index in [4.69, 9.17) is 14.2 Å². The standard InChI is InChI=1S/C37H54N2O6/c1-24-16-20-39(6)22-28(24)33(41)38-34(42)45-30-21-35(4,17-14-27-11-9-8-10-12-27)32(44-23-43-7)26(3)37-18-13-25(2)36(30,5)31(37)29(40)15-19-37/h8-12,14,17,24-26,28,30-32H,13,15-16,18-23H2,1-7H3,(H,38,41,42)/b17-14+/t24-,25+,26-,28-,30+,31?,32-,35+,36-,37?/m0/s1. The van der Waals surface area contributed by atoms with Crippen molar-refractivity contribution in [3.05, 3.63) is 42.0 Å². The Morgan fingerprint density at radius 1 is 1.09 bits per heavy atom. The summed E-state index contributed by atoms with van der Waals surface area (Å²) in [4.78, 5) is 43.2. The number of carbonyl (C=O) groups excluding carboxylic acids is 3. The number of Topliss-reactive ketones (excluding diaryl/α,β-unsaturated/α-hetero) is 1. The first kappa shape index (κ1) is 33.8. The number of ketones is 1. The van der Waals surface area contributed by atoms with Crippen molar-refractivity contribution in [1.29, 1.82) is 0 Å². The predicted octanol–water partition coefficient (Wildman–Crippen LogP) is 6.35. The Morgan fingerprint density at radius 3 is 2.53 bits per heavy atom. The highest BCUT2D eigenvalue weighted by Gasteiger charge is 2.68. The Labute approximate surface area is 269 Å². The summed E-state index contributed by atoms with van der Waals surface area (Å²) in [6.45, 7) is 12.5. The average Bonchev–Trinajstić information content (AvgIpc) is 3.37. The molecule has 0 aromatic heterocycles. The lowest BCUT2D eigenvalue weighted by atomic mass is 9.44. The quantitative estimate of drug-likeness (QED) is 0.355. The van der Waals surface area contributed by atoms with Crippen molar-refractivity contribution < 1.29 is 28.6 Å². The summed E-state index contributed by atoms with van der Waals surface area (Å²) in [5.74, 6) is -0.205. The molecule has 0 radical (unpaired) electrons. The second-order valence-electron chi connectivity index (χ2n) is 15.2. The van der Waals surface area contributed by atoms with E-state index >= 15 is 0 Å². The lowest BCUT2D eigenvalue weighted by Gasteiger charge is -2.62. The van der Waals surface area contributed by atoms with Crippen LogP contribution < -0.4 is 5.32 Å². The highest BCUT2D eigenvalue weighted by atomic mass is 16.7. The Morgan fingerprint density at radius 2 is 1.82 bits per heavy atom. The van der Waals surface area contributed by atoms with Gasteiger partial charge in [-0.15, -0.1) is 0 Å². The lowest BCUT2D eigenvalue weighted by molar-refractivity contribution is -0.214. The number of hydrogen-bond acceptors (Lipinski definition) is 7. The molecule has 5 rings (SSSR count). The molecule has 1 aromatic rings. The first-order valence-electron chi connectivity index (χ1n) is 16.9. The highest BCUT2D eigenvalue weighted by molar-refractivity contribution is 5.93. The van der Waals surface area contributed by atoms with Crippen LogP contribution in [0.1, 0.15) is 78.7 Å². The van der Waals surface area contributed by atoms with Crippen LogP contribution in [0.5, 0.6) is 0 Å². The number of rotatable bonds is 7. The molecule has 248 valence electrons. The fourth-order valence-corrected chi connectivity index (χ4v) is 9.69. The van der Waals surface area contributed by atoms with Crippen molar-refractivity contribution in [1.82, 2.24) is 10.2 Å². The second-order valence-corrected chi connectivity index (χ2v) is 15.2. The van der Waals surface area contributed by atoms with Gasteiger partial charge in [-0.25, -0.2) is 4.79 Å². The van der Waals surface area contributed by atoms with Gasteiger partial charge in [-0.1, -0.05) is 77.1 Å². The molecule has 1 N–H and O–H groups in total. The highest BCUT2D eigenvalue weighted by Crippen LogP contribution is 2.68. The molecule has 3 saturated carbocycles. The maximum atomic E-state index is 14.0. The number of amides is 2. The van der Waals surface area contributed by atoms with Crippen LogP contribution in [0.25, 0.3) is 6.08 Å². The zero-order valence-electron chi connectivity index (χ0n) is 28.3. The van der Waals surface area contributed by atoms with E-state index in [-0.39, 0.29) is 59.6 Å². The van der Waals surface area contributed by atoms with E-state index in [1.165, 1.54) is 0 Å². The van der Waals surface area contributed by atoms with Crippen LogP contribution in [0.3, 0.4) is 0 Å². The van der Waals surface area contributed by atoms with Crippen LogP contribution in [0.4, 0.5) is 4.79 Å². The predicted molar refractivity (Wildman–Crippen MR) is 174 cm³/mol. The molecule has 2 unspecified atom stereocenters. The van der Waals surface area contributed by atoms with Crippen LogP contribution in [0, 0.1) is 45.8 Å². The smallest absolute Gasteiger partial charge is 0.414 e. The van der Waals surface area contributed by atoms with Crippen molar-refractivity contribution >= 4 is 23.9 Å². The van der Waals surface area contributed by atoms with Crippen molar-refractivity contribution in [2.45, 2.75) is 85.4 Å². The van der Waals surface area contributed by atoms with E-state index in [1.54, 1.807) is 7.11 Å². The Kier molecular flexibility index (Phi) is 9.98. The molecule has 8 nitrogen and oxygen atoms in total. The van der Waals surface area contributed by atoms with Crippen molar-refractivity contribution in [2.75, 3.05) is 34.0 Å². The fraction of sp³-hybridized carbons (Fsp3) is 0.703. The first-order valence-corrected chi connectivity index (χ1v) is 16.9. The summed E-state index contributed by atoms with van der Waals surface area (Å²) in [5, 5.41) is 2.62. The minimum absolute atomic E-state index is 0.0579. The van der Waals surface area contributed by atoms with Gasteiger partial charge in [0, 0.05) is 36.8 Å². The number of imide groups is 1. The molecule has 4 aliphatic rings. The normalized spacial score (nSPS) is 40.4. The molecule has 1 aliphatic heterocycles. The number of benzene rings is 1. The summed E-state index contributed by atoms with van der Waals surface area (Å²) in [6, 6.07) is 10.2. The molecule has 1 aromatic carbocycles. The third-order valence-corrected chi connectivity index (χ3v) is 12.6. The molecule has 4 fully saturated rings. The molecule has 45 heavy (non-hydrogen) atoms. The Bertz CT molecular complexity index is 1270. The fourth-order valence-electron chi connectivity index (χ4n) is 9.69. The van der Waals surface area contributed by atoms with E-state index in [1.807, 2.05) is 25.2 Å². The molecular formula is C37H54N2O6. The summed E-state index contributed by atoms with van der Waals surface area (Å²) >= 11 is 0. The molecule has 8 heteroatoms. The van der Waals surface area contributed by atoms with Gasteiger partial charge >= 0.3 is 6.09 Å².